The summed E-state index contributed by atoms with van der Waals surface area (Å²) in [6, 6.07) is 8.15. The highest BCUT2D eigenvalue weighted by Gasteiger charge is 2.19. The van der Waals surface area contributed by atoms with Crippen LogP contribution in [0, 0.1) is 5.92 Å². The van der Waals surface area contributed by atoms with E-state index in [1.54, 1.807) is 13.8 Å². The van der Waals surface area contributed by atoms with E-state index >= 15 is 0 Å². The minimum absolute atomic E-state index is 0.000498. The number of hydrogen-bond donors (Lipinski definition) is 0. The Labute approximate surface area is 237 Å². The van der Waals surface area contributed by atoms with Crippen LogP contribution in [0.2, 0.25) is 0 Å². The molecule has 0 N–H and O–H groups in total. The molecule has 0 fully saturated rings. The van der Waals surface area contributed by atoms with Crippen molar-refractivity contribution in [2.45, 2.75) is 34.6 Å². The molecule has 214 valence electrons. The smallest absolute Gasteiger partial charge is 0.338 e. The molecule has 2 rings (SSSR count). The number of esters is 5. The fourth-order valence-corrected chi connectivity index (χ4v) is 2.61. The molecule has 41 heavy (non-hydrogen) atoms. The lowest BCUT2D eigenvalue weighted by Gasteiger charge is -2.13. The van der Waals surface area contributed by atoms with E-state index in [9.17, 15) is 24.0 Å². The molecule has 2 aromatic carbocycles. The maximum absolute atomic E-state index is 12.5. The number of rotatable bonds is 11. The molecule has 0 saturated heterocycles. The molecule has 0 unspecified atom stereocenters. The topological polar surface area (TPSA) is 132 Å². The molecule has 0 aliphatic rings. The van der Waals surface area contributed by atoms with Gasteiger partial charge in [-0.25, -0.2) is 19.2 Å². The summed E-state index contributed by atoms with van der Waals surface area (Å²) in [6.45, 7) is 18.2. The van der Waals surface area contributed by atoms with Crippen LogP contribution in [0.15, 0.2) is 78.9 Å². The SMILES string of the molecule is C=C(C)C(=O)Oc1ccc(/C=C/C(=O)Oc2ccc(OC(=O)C(=C)C)c(OC(=O)C(C)C)c2)cc1OC(=O)C(=C)C. The summed E-state index contributed by atoms with van der Waals surface area (Å²) in [6.07, 6.45) is 2.46. The first kappa shape index (κ1) is 32.0. The molecule has 0 aliphatic carbocycles. The van der Waals surface area contributed by atoms with Gasteiger partial charge < -0.3 is 23.7 Å². The molecule has 0 amide bonds. The Balaban J connectivity index is 2.29. The van der Waals surface area contributed by atoms with Crippen molar-refractivity contribution < 1.29 is 47.7 Å². The van der Waals surface area contributed by atoms with Gasteiger partial charge in [0.15, 0.2) is 23.0 Å². The average Bonchev–Trinajstić information content (AvgIpc) is 2.89. The molecular formula is C31H30O10. The lowest BCUT2D eigenvalue weighted by Crippen LogP contribution is -2.16. The fraction of sp³-hybridized carbons (Fsp3) is 0.194. The van der Waals surface area contributed by atoms with Crippen molar-refractivity contribution in [3.63, 3.8) is 0 Å². The summed E-state index contributed by atoms with van der Waals surface area (Å²) >= 11 is 0. The highest BCUT2D eigenvalue weighted by atomic mass is 16.6. The molecule has 0 aliphatic heterocycles. The van der Waals surface area contributed by atoms with Crippen LogP contribution in [-0.2, 0) is 24.0 Å². The predicted molar refractivity (Wildman–Crippen MR) is 149 cm³/mol. The van der Waals surface area contributed by atoms with E-state index in [1.165, 1.54) is 63.2 Å². The maximum atomic E-state index is 12.5. The standard InChI is InChI=1S/C31H30O10/c1-17(2)28(33)38-23-12-9-21(15-25(23)40-30(35)19(5)6)10-14-27(32)37-22-11-13-24(39-29(34)18(3)4)26(16-22)41-31(36)20(7)8/h9-16,20H,1,3,5H2,2,4,6-8H3/b14-10+. The zero-order valence-corrected chi connectivity index (χ0v) is 23.4. The zero-order valence-electron chi connectivity index (χ0n) is 23.4. The maximum Gasteiger partial charge on any atom is 0.338 e. The van der Waals surface area contributed by atoms with E-state index in [1.807, 2.05) is 0 Å². The summed E-state index contributed by atoms with van der Waals surface area (Å²) in [7, 11) is 0. The minimum atomic E-state index is -0.809. The Bertz CT molecular complexity index is 1460. The quantitative estimate of drug-likeness (QED) is 0.202. The number of hydrogen-bond acceptors (Lipinski definition) is 10. The Morgan fingerprint density at radius 1 is 0.634 bits per heavy atom. The first-order chi connectivity index (χ1) is 19.2. The van der Waals surface area contributed by atoms with Crippen molar-refractivity contribution >= 4 is 35.9 Å². The van der Waals surface area contributed by atoms with Gasteiger partial charge in [-0.15, -0.1) is 0 Å². The first-order valence-corrected chi connectivity index (χ1v) is 12.2. The highest BCUT2D eigenvalue weighted by Crippen LogP contribution is 2.33. The van der Waals surface area contributed by atoms with Crippen molar-refractivity contribution in [2.75, 3.05) is 0 Å². The molecule has 10 nitrogen and oxygen atoms in total. The largest absolute Gasteiger partial charge is 0.423 e. The second-order valence-electron chi connectivity index (χ2n) is 9.15. The molecule has 10 heteroatoms. The summed E-state index contributed by atoms with van der Waals surface area (Å²) in [5.74, 6) is -4.40. The zero-order chi connectivity index (χ0) is 30.9. The van der Waals surface area contributed by atoms with Gasteiger partial charge in [-0.05, 0) is 56.7 Å². The van der Waals surface area contributed by atoms with Crippen LogP contribution in [-0.4, -0.2) is 29.8 Å². The average molecular weight is 563 g/mol. The van der Waals surface area contributed by atoms with Gasteiger partial charge in [-0.1, -0.05) is 39.7 Å². The Hall–Kier alpha value is -5.25. The Morgan fingerprint density at radius 2 is 1.10 bits per heavy atom. The van der Waals surface area contributed by atoms with Crippen LogP contribution in [0.3, 0.4) is 0 Å². The first-order valence-electron chi connectivity index (χ1n) is 12.2. The molecule has 0 heterocycles. The number of carbonyl (C=O) groups is 5. The van der Waals surface area contributed by atoms with E-state index < -0.39 is 35.8 Å². The lowest BCUT2D eigenvalue weighted by molar-refractivity contribution is -0.138. The lowest BCUT2D eigenvalue weighted by atomic mass is 10.2. The second kappa shape index (κ2) is 14.2. The summed E-state index contributed by atoms with van der Waals surface area (Å²) in [5.41, 5.74) is 0.783. The molecule has 0 aromatic heterocycles. The van der Waals surface area contributed by atoms with Crippen LogP contribution < -0.4 is 23.7 Å². The Morgan fingerprint density at radius 3 is 1.59 bits per heavy atom. The minimum Gasteiger partial charge on any atom is -0.423 e. The fourth-order valence-electron chi connectivity index (χ4n) is 2.61. The monoisotopic (exact) mass is 562 g/mol. The highest BCUT2D eigenvalue weighted by molar-refractivity contribution is 5.92. The van der Waals surface area contributed by atoms with Gasteiger partial charge in [-0.2, -0.15) is 0 Å². The van der Waals surface area contributed by atoms with Gasteiger partial charge in [0, 0.05) is 28.9 Å². The summed E-state index contributed by atoms with van der Waals surface area (Å²) < 4.78 is 26.3. The van der Waals surface area contributed by atoms with Crippen LogP contribution in [0.25, 0.3) is 6.08 Å². The molecule has 0 radical (unpaired) electrons. The van der Waals surface area contributed by atoms with Crippen molar-refractivity contribution in [2.24, 2.45) is 5.92 Å². The van der Waals surface area contributed by atoms with Crippen LogP contribution in [0.1, 0.15) is 40.2 Å². The van der Waals surface area contributed by atoms with Crippen LogP contribution >= 0.6 is 0 Å². The molecular weight excluding hydrogens is 532 g/mol. The van der Waals surface area contributed by atoms with Gasteiger partial charge in [0.1, 0.15) is 5.75 Å². The van der Waals surface area contributed by atoms with Gasteiger partial charge in [-0.3, -0.25) is 4.79 Å². The van der Waals surface area contributed by atoms with E-state index in [2.05, 4.69) is 19.7 Å². The van der Waals surface area contributed by atoms with Crippen molar-refractivity contribution in [3.8, 4) is 28.7 Å². The van der Waals surface area contributed by atoms with Crippen LogP contribution in [0.4, 0.5) is 0 Å². The molecule has 0 bridgehead atoms. The van der Waals surface area contributed by atoms with E-state index in [4.69, 9.17) is 23.7 Å². The van der Waals surface area contributed by atoms with Crippen molar-refractivity contribution in [3.05, 3.63) is 84.5 Å². The van der Waals surface area contributed by atoms with Crippen molar-refractivity contribution in [1.29, 1.82) is 0 Å². The number of ether oxygens (including phenoxy) is 5. The molecule has 0 saturated carbocycles. The van der Waals surface area contributed by atoms with E-state index in [-0.39, 0.29) is 45.5 Å². The van der Waals surface area contributed by atoms with Gasteiger partial charge in [0.2, 0.25) is 0 Å². The summed E-state index contributed by atoms with van der Waals surface area (Å²) in [4.78, 5) is 60.7. The second-order valence-corrected chi connectivity index (χ2v) is 9.15. The molecule has 2 aromatic rings. The van der Waals surface area contributed by atoms with Gasteiger partial charge >= 0.3 is 29.8 Å². The molecule has 0 spiro atoms. The van der Waals surface area contributed by atoms with Gasteiger partial charge in [0.25, 0.3) is 0 Å². The van der Waals surface area contributed by atoms with Crippen LogP contribution in [0.5, 0.6) is 28.7 Å². The third kappa shape index (κ3) is 9.77. The molecule has 0 atom stereocenters. The third-order valence-corrected chi connectivity index (χ3v) is 4.85. The predicted octanol–water partition coefficient (Wildman–Crippen LogP) is 5.31. The summed E-state index contributed by atoms with van der Waals surface area (Å²) in [5, 5.41) is 0. The van der Waals surface area contributed by atoms with Crippen molar-refractivity contribution in [1.82, 2.24) is 0 Å². The Kier molecular flexibility index (Phi) is 11.1. The third-order valence-electron chi connectivity index (χ3n) is 4.85. The number of benzene rings is 2. The van der Waals surface area contributed by atoms with E-state index in [0.717, 1.165) is 6.08 Å². The normalized spacial score (nSPS) is 10.5. The number of carbonyl (C=O) groups excluding carboxylic acids is 5. The van der Waals surface area contributed by atoms with E-state index in [0.29, 0.717) is 5.56 Å². The van der Waals surface area contributed by atoms with Gasteiger partial charge in [0.05, 0.1) is 5.92 Å².